The number of guanidine groups is 1. The van der Waals surface area contributed by atoms with Crippen molar-refractivity contribution in [2.45, 2.75) is 65.7 Å². The van der Waals surface area contributed by atoms with Crippen LogP contribution in [0.1, 0.15) is 53.9 Å². The summed E-state index contributed by atoms with van der Waals surface area (Å²) in [4.78, 5) is 39.1. The van der Waals surface area contributed by atoms with Crippen LogP contribution in [0, 0.1) is 16.7 Å². The third kappa shape index (κ3) is 9.54. The number of ether oxygens (including phenoxy) is 3. The van der Waals surface area contributed by atoms with E-state index in [-0.39, 0.29) is 19.2 Å². The first-order chi connectivity index (χ1) is 17.1. The molecule has 2 aliphatic heterocycles. The Morgan fingerprint density at radius 2 is 1.83 bits per heavy atom. The van der Waals surface area contributed by atoms with Gasteiger partial charge >= 0.3 is 6.09 Å². The molecule has 2 amide bonds. The number of nitriles is 1. The second-order valence-corrected chi connectivity index (χ2v) is 9.87. The summed E-state index contributed by atoms with van der Waals surface area (Å²) in [6.45, 7) is 14.0. The van der Waals surface area contributed by atoms with Crippen LogP contribution >= 0.6 is 0 Å². The van der Waals surface area contributed by atoms with E-state index < -0.39 is 29.2 Å². The largest absolute Gasteiger partial charge is 0.448 e. The highest BCUT2D eigenvalue weighted by Crippen LogP contribution is 2.31. The van der Waals surface area contributed by atoms with Crippen molar-refractivity contribution in [3.63, 3.8) is 0 Å². The molecule has 12 heteroatoms. The smallest absolute Gasteiger partial charge is 0.436 e. The van der Waals surface area contributed by atoms with Gasteiger partial charge in [0.25, 0.3) is 5.91 Å². The fourth-order valence-electron chi connectivity index (χ4n) is 3.87. The van der Waals surface area contributed by atoms with Crippen LogP contribution in [0.25, 0.3) is 0 Å². The van der Waals surface area contributed by atoms with E-state index >= 15 is 0 Å². The summed E-state index contributed by atoms with van der Waals surface area (Å²) in [7, 11) is 0. The van der Waals surface area contributed by atoms with Crippen molar-refractivity contribution in [1.82, 2.24) is 20.6 Å². The third-order valence-electron chi connectivity index (χ3n) is 5.93. The highest BCUT2D eigenvalue weighted by atomic mass is 16.7. The zero-order valence-electron chi connectivity index (χ0n) is 22.3. The maximum Gasteiger partial charge on any atom is 0.436 e. The van der Waals surface area contributed by atoms with E-state index in [1.54, 1.807) is 6.92 Å². The number of hydrogen-bond acceptors (Lipinski definition) is 8. The van der Waals surface area contributed by atoms with E-state index in [2.05, 4.69) is 33.7 Å². The van der Waals surface area contributed by atoms with Crippen molar-refractivity contribution in [1.29, 1.82) is 5.26 Å². The minimum Gasteiger partial charge on any atom is -0.448 e. The first kappa shape index (κ1) is 29.8. The van der Waals surface area contributed by atoms with E-state index in [4.69, 9.17) is 19.0 Å². The molecule has 2 rings (SSSR count). The topological polar surface area (TPSA) is 138 Å². The van der Waals surface area contributed by atoms with Crippen LogP contribution in [0.15, 0.2) is 4.99 Å². The Kier molecular flexibility index (Phi) is 11.8. The fourth-order valence-corrected chi connectivity index (χ4v) is 3.87. The number of aliphatic imine (C=N–C) groups is 1. The maximum absolute atomic E-state index is 13.1. The molecular formula is C24H42N6O6. The first-order valence-corrected chi connectivity index (χ1v) is 12.7. The van der Waals surface area contributed by atoms with Crippen molar-refractivity contribution in [2.24, 2.45) is 10.4 Å². The van der Waals surface area contributed by atoms with Crippen molar-refractivity contribution >= 4 is 18.0 Å². The van der Waals surface area contributed by atoms with Gasteiger partial charge in [0.1, 0.15) is 5.41 Å². The second-order valence-electron chi connectivity index (χ2n) is 9.87. The number of morpholine rings is 1. The molecular weight excluding hydrogens is 468 g/mol. The molecule has 204 valence electrons. The summed E-state index contributed by atoms with van der Waals surface area (Å²) in [6.07, 6.45) is 0.250. The summed E-state index contributed by atoms with van der Waals surface area (Å²) in [6, 6.07) is 2.22. The molecule has 0 saturated carbocycles. The second kappa shape index (κ2) is 14.3. The molecule has 2 aliphatic rings. The summed E-state index contributed by atoms with van der Waals surface area (Å²) in [5, 5.41) is 12.9. The lowest BCUT2D eigenvalue weighted by Crippen LogP contribution is -2.55. The number of nitrogens with one attached hydrogen (secondary N) is 2. The standard InChI is InChI=1S/C24H42N6O6/c1-6-10-29-11-8-24(18-25,9-12-29)20(31)28-36-19(17-35-23(3,4)5)26-21(27-22(32)34-7-2)30-13-15-33-16-14-30/h19H,6-17H2,1-5H3,(H,28,31)(H,26,27,32). The molecule has 1 unspecified atom stereocenters. The van der Waals surface area contributed by atoms with Crippen LogP contribution < -0.4 is 10.8 Å². The monoisotopic (exact) mass is 510 g/mol. The van der Waals surface area contributed by atoms with Crippen molar-refractivity contribution in [2.75, 3.05) is 59.2 Å². The minimum atomic E-state index is -1.16. The fraction of sp³-hybridized carbons (Fsp3) is 0.833. The molecule has 0 aromatic rings. The van der Waals surface area contributed by atoms with Crippen LogP contribution in [0.5, 0.6) is 0 Å². The molecule has 0 aliphatic carbocycles. The molecule has 2 N–H and O–H groups in total. The van der Waals surface area contributed by atoms with Gasteiger partial charge in [0.15, 0.2) is 6.23 Å². The molecule has 0 spiro atoms. The Balaban J connectivity index is 2.12. The summed E-state index contributed by atoms with van der Waals surface area (Å²) >= 11 is 0. The van der Waals surface area contributed by atoms with Gasteiger partial charge in [-0.05, 0) is 53.5 Å². The highest BCUT2D eigenvalue weighted by Gasteiger charge is 2.42. The summed E-state index contributed by atoms with van der Waals surface area (Å²) < 4.78 is 16.3. The lowest BCUT2D eigenvalue weighted by molar-refractivity contribution is -0.156. The van der Waals surface area contributed by atoms with E-state index in [1.165, 1.54) is 0 Å². The maximum atomic E-state index is 13.1. The normalized spacial score (nSPS) is 19.8. The lowest BCUT2D eigenvalue weighted by Gasteiger charge is -2.36. The molecule has 2 fully saturated rings. The third-order valence-corrected chi connectivity index (χ3v) is 5.93. The number of piperidine rings is 1. The highest BCUT2D eigenvalue weighted by molar-refractivity contribution is 5.90. The lowest BCUT2D eigenvalue weighted by atomic mass is 9.79. The van der Waals surface area contributed by atoms with E-state index in [0.29, 0.717) is 52.2 Å². The van der Waals surface area contributed by atoms with Crippen LogP contribution in [-0.2, 0) is 23.8 Å². The van der Waals surface area contributed by atoms with E-state index in [1.807, 2.05) is 25.7 Å². The average Bonchev–Trinajstić information content (AvgIpc) is 2.85. The molecule has 12 nitrogen and oxygen atoms in total. The van der Waals surface area contributed by atoms with Gasteiger partial charge < -0.3 is 29.3 Å². The molecule has 0 aromatic carbocycles. The van der Waals surface area contributed by atoms with Gasteiger partial charge in [-0.3, -0.25) is 4.79 Å². The van der Waals surface area contributed by atoms with Crippen molar-refractivity contribution < 1.29 is 28.6 Å². The van der Waals surface area contributed by atoms with Crippen LogP contribution in [0.3, 0.4) is 0 Å². The SMILES string of the molecule is CCCN1CCC(C#N)(C(=O)NOC(COC(C)(C)C)NC(=NC(=O)OCC)N2CCOCC2)CC1. The minimum absolute atomic E-state index is 0.0415. The number of rotatable bonds is 9. The summed E-state index contributed by atoms with van der Waals surface area (Å²) in [5.41, 5.74) is 0.835. The Morgan fingerprint density at radius 1 is 1.17 bits per heavy atom. The zero-order valence-corrected chi connectivity index (χ0v) is 22.3. The molecule has 0 bridgehead atoms. The van der Waals surface area contributed by atoms with E-state index in [9.17, 15) is 14.9 Å². The molecule has 2 saturated heterocycles. The van der Waals surface area contributed by atoms with Crippen LogP contribution in [-0.4, -0.2) is 98.7 Å². The van der Waals surface area contributed by atoms with Gasteiger partial charge in [-0.1, -0.05) is 6.92 Å². The molecule has 0 aromatic heterocycles. The first-order valence-electron chi connectivity index (χ1n) is 12.7. The number of hydroxylamine groups is 1. The number of carbonyl (C=O) groups excluding carboxylic acids is 2. The Bertz CT molecular complexity index is 779. The molecule has 36 heavy (non-hydrogen) atoms. The number of amides is 2. The number of nitrogens with zero attached hydrogens (tertiary/aromatic N) is 4. The molecule has 0 radical (unpaired) electrons. The number of carbonyl (C=O) groups is 2. The molecule has 1 atom stereocenters. The van der Waals surface area contributed by atoms with Gasteiger partial charge in [0.2, 0.25) is 5.96 Å². The van der Waals surface area contributed by atoms with Crippen molar-refractivity contribution in [3.05, 3.63) is 0 Å². The van der Waals surface area contributed by atoms with Gasteiger partial charge in [0, 0.05) is 26.2 Å². The van der Waals surface area contributed by atoms with Gasteiger partial charge in [-0.2, -0.15) is 5.26 Å². The predicted molar refractivity (Wildman–Crippen MR) is 133 cm³/mol. The van der Waals surface area contributed by atoms with Gasteiger partial charge in [-0.15, -0.1) is 4.99 Å². The van der Waals surface area contributed by atoms with Crippen LogP contribution in [0.4, 0.5) is 4.79 Å². The van der Waals surface area contributed by atoms with E-state index in [0.717, 1.165) is 13.0 Å². The Hall–Kier alpha value is -2.46. The summed E-state index contributed by atoms with van der Waals surface area (Å²) in [5.74, 6) is -0.254. The average molecular weight is 511 g/mol. The van der Waals surface area contributed by atoms with Crippen LogP contribution in [0.2, 0.25) is 0 Å². The predicted octanol–water partition coefficient (Wildman–Crippen LogP) is 1.63. The number of likely N-dealkylation sites (tertiary alicyclic amines) is 1. The quantitative estimate of drug-likeness (QED) is 0.204. The van der Waals surface area contributed by atoms with Gasteiger partial charge in [-0.25, -0.2) is 15.1 Å². The Morgan fingerprint density at radius 3 is 2.39 bits per heavy atom. The van der Waals surface area contributed by atoms with Crippen molar-refractivity contribution in [3.8, 4) is 6.07 Å². The Labute approximate surface area is 214 Å². The zero-order chi connectivity index (χ0) is 26.6. The number of hydrogen-bond donors (Lipinski definition) is 2. The molecule has 2 heterocycles. The van der Waals surface area contributed by atoms with Gasteiger partial charge in [0.05, 0.1) is 38.1 Å².